The lowest BCUT2D eigenvalue weighted by molar-refractivity contribution is -0.138. The van der Waals surface area contributed by atoms with Crippen LogP contribution < -0.4 is 15.4 Å². The van der Waals surface area contributed by atoms with E-state index in [1.54, 1.807) is 25.3 Å². The van der Waals surface area contributed by atoms with E-state index in [0.717, 1.165) is 21.9 Å². The molecule has 0 atom stereocenters. The average molecular weight is 472 g/mol. The molecule has 0 aliphatic heterocycles. The molecule has 0 saturated carbocycles. The van der Waals surface area contributed by atoms with Gasteiger partial charge in [0.15, 0.2) is 5.13 Å². The maximum Gasteiger partial charge on any atom is 0.303 e. The number of nitrogens with zero attached hydrogens (tertiary/aromatic N) is 1. The summed E-state index contributed by atoms with van der Waals surface area (Å²) in [6.45, 7) is 0. The molecule has 1 aromatic heterocycles. The average Bonchev–Trinajstić information content (AvgIpc) is 3.25. The fraction of sp³-hybridized carbons (Fsp3) is 0.182. The Labute approximate surface area is 193 Å². The number of aliphatic carboxylic acids is 1. The van der Waals surface area contributed by atoms with Crippen molar-refractivity contribution in [3.8, 4) is 17.0 Å². The first-order valence-electron chi connectivity index (χ1n) is 9.57. The van der Waals surface area contributed by atoms with Crippen molar-refractivity contribution in [3.63, 3.8) is 0 Å². The zero-order chi connectivity index (χ0) is 22.9. The van der Waals surface area contributed by atoms with Gasteiger partial charge in [0.2, 0.25) is 11.8 Å². The zero-order valence-electron chi connectivity index (χ0n) is 17.2. The minimum atomic E-state index is -1.02. The number of nitrogens with one attached hydrogen (secondary N) is 2. The molecular formula is C22H21N3O5S2. The van der Waals surface area contributed by atoms with Gasteiger partial charge in [-0.25, -0.2) is 4.98 Å². The Morgan fingerprint density at radius 2 is 1.88 bits per heavy atom. The summed E-state index contributed by atoms with van der Waals surface area (Å²) >= 11 is 2.66. The van der Waals surface area contributed by atoms with Gasteiger partial charge in [0.1, 0.15) is 5.75 Å². The van der Waals surface area contributed by atoms with Crippen LogP contribution in [0.4, 0.5) is 10.8 Å². The van der Waals surface area contributed by atoms with E-state index in [1.165, 1.54) is 23.1 Å². The molecule has 1 heterocycles. The number of carboxylic acid groups (broad SMARTS) is 1. The van der Waals surface area contributed by atoms with Crippen molar-refractivity contribution < 1.29 is 24.2 Å². The molecular weight excluding hydrogens is 450 g/mol. The van der Waals surface area contributed by atoms with Crippen molar-refractivity contribution in [2.45, 2.75) is 17.7 Å². The second-order valence-electron chi connectivity index (χ2n) is 6.58. The molecule has 10 heteroatoms. The number of methoxy groups -OCH3 is 1. The Morgan fingerprint density at radius 1 is 1.06 bits per heavy atom. The Hall–Kier alpha value is -3.37. The van der Waals surface area contributed by atoms with E-state index in [4.69, 9.17) is 9.84 Å². The van der Waals surface area contributed by atoms with Crippen molar-refractivity contribution in [3.05, 3.63) is 53.9 Å². The molecule has 2 aromatic carbocycles. The summed E-state index contributed by atoms with van der Waals surface area (Å²) in [7, 11) is 1.60. The number of ether oxygens (including phenoxy) is 1. The number of anilines is 2. The van der Waals surface area contributed by atoms with Crippen LogP contribution in [0.25, 0.3) is 11.3 Å². The van der Waals surface area contributed by atoms with Crippen LogP contribution in [-0.4, -0.2) is 40.7 Å². The second kappa shape index (κ2) is 11.3. The number of thiazole rings is 1. The first kappa shape index (κ1) is 23.3. The molecule has 0 bridgehead atoms. The molecule has 3 aromatic rings. The number of carbonyl (C=O) groups excluding carboxylic acids is 2. The van der Waals surface area contributed by atoms with Crippen LogP contribution in [0.2, 0.25) is 0 Å². The van der Waals surface area contributed by atoms with Crippen molar-refractivity contribution >= 4 is 51.7 Å². The summed E-state index contributed by atoms with van der Waals surface area (Å²) in [6.07, 6.45) is -0.322. The van der Waals surface area contributed by atoms with Gasteiger partial charge >= 0.3 is 5.97 Å². The lowest BCUT2D eigenvalue weighted by Gasteiger charge is -2.07. The Bertz CT molecular complexity index is 1120. The van der Waals surface area contributed by atoms with Crippen LogP contribution >= 0.6 is 23.1 Å². The number of rotatable bonds is 10. The van der Waals surface area contributed by atoms with Gasteiger partial charge in [-0.2, -0.15) is 0 Å². The number of benzene rings is 2. The van der Waals surface area contributed by atoms with Crippen molar-refractivity contribution in [2.24, 2.45) is 0 Å². The monoisotopic (exact) mass is 471 g/mol. The lowest BCUT2D eigenvalue weighted by atomic mass is 10.2. The predicted molar refractivity (Wildman–Crippen MR) is 125 cm³/mol. The van der Waals surface area contributed by atoms with Crippen LogP contribution in [0.3, 0.4) is 0 Å². The van der Waals surface area contributed by atoms with E-state index < -0.39 is 5.97 Å². The smallest absolute Gasteiger partial charge is 0.303 e. The maximum absolute atomic E-state index is 12.3. The van der Waals surface area contributed by atoms with Gasteiger partial charge in [-0.05, 0) is 30.3 Å². The second-order valence-corrected chi connectivity index (χ2v) is 8.48. The number of carbonyl (C=O) groups is 3. The van der Waals surface area contributed by atoms with Crippen molar-refractivity contribution in [1.82, 2.24) is 4.98 Å². The van der Waals surface area contributed by atoms with Gasteiger partial charge in [-0.15, -0.1) is 23.1 Å². The third-order valence-corrected chi connectivity index (χ3v) is 5.92. The lowest BCUT2D eigenvalue weighted by Crippen LogP contribution is -2.14. The van der Waals surface area contributed by atoms with E-state index in [-0.39, 0.29) is 30.4 Å². The number of hydrogen-bond acceptors (Lipinski definition) is 7. The van der Waals surface area contributed by atoms with E-state index in [9.17, 15) is 14.4 Å². The van der Waals surface area contributed by atoms with Gasteiger partial charge in [0.25, 0.3) is 0 Å². The van der Waals surface area contributed by atoms with E-state index in [2.05, 4.69) is 15.6 Å². The first-order chi connectivity index (χ1) is 15.4. The third kappa shape index (κ3) is 7.10. The Kier molecular flexibility index (Phi) is 8.23. The number of hydrogen-bond donors (Lipinski definition) is 3. The summed E-state index contributed by atoms with van der Waals surface area (Å²) in [5.74, 6) is -0.686. The van der Waals surface area contributed by atoms with Crippen LogP contribution in [-0.2, 0) is 14.4 Å². The molecule has 32 heavy (non-hydrogen) atoms. The zero-order valence-corrected chi connectivity index (χ0v) is 18.8. The molecule has 3 rings (SSSR count). The summed E-state index contributed by atoms with van der Waals surface area (Å²) in [5.41, 5.74) is 2.20. The molecule has 0 saturated heterocycles. The quantitative estimate of drug-likeness (QED) is 0.376. The highest BCUT2D eigenvalue weighted by atomic mass is 32.2. The Balaban J connectivity index is 1.51. The topological polar surface area (TPSA) is 118 Å². The molecule has 0 aliphatic rings. The highest BCUT2D eigenvalue weighted by Crippen LogP contribution is 2.28. The highest BCUT2D eigenvalue weighted by molar-refractivity contribution is 8.00. The molecule has 8 nitrogen and oxygen atoms in total. The largest absolute Gasteiger partial charge is 0.497 e. The van der Waals surface area contributed by atoms with Gasteiger partial charge in [0, 0.05) is 27.9 Å². The first-order valence-corrected chi connectivity index (χ1v) is 11.4. The molecule has 3 N–H and O–H groups in total. The fourth-order valence-corrected chi connectivity index (χ4v) is 4.15. The molecule has 0 radical (unpaired) electrons. The number of amides is 2. The maximum atomic E-state index is 12.3. The van der Waals surface area contributed by atoms with Crippen LogP contribution in [0, 0.1) is 0 Å². The fourth-order valence-electron chi connectivity index (χ4n) is 2.66. The number of aromatic nitrogens is 1. The number of thioether (sulfide) groups is 1. The summed E-state index contributed by atoms with van der Waals surface area (Å²) < 4.78 is 5.23. The standard InChI is InChI=1S/C22H21N3O5S2/c1-30-16-6-2-4-14(10-16)18-12-32-22(24-18)25-20(27)13-31-17-7-3-5-15(11-17)23-19(26)8-9-21(28)29/h2-7,10-12H,8-9,13H2,1H3,(H,23,26)(H,28,29)(H,24,25,27). The highest BCUT2D eigenvalue weighted by Gasteiger charge is 2.10. The molecule has 0 unspecified atom stereocenters. The Morgan fingerprint density at radius 3 is 2.66 bits per heavy atom. The third-order valence-electron chi connectivity index (χ3n) is 4.17. The minimum Gasteiger partial charge on any atom is -0.497 e. The van der Waals surface area contributed by atoms with E-state index in [1.807, 2.05) is 35.7 Å². The molecule has 0 spiro atoms. The summed E-state index contributed by atoms with van der Waals surface area (Å²) in [5, 5.41) is 16.5. The van der Waals surface area contributed by atoms with Crippen molar-refractivity contribution in [2.75, 3.05) is 23.5 Å². The summed E-state index contributed by atoms with van der Waals surface area (Å²) in [4.78, 5) is 39.9. The molecule has 2 amide bonds. The van der Waals surface area contributed by atoms with Gasteiger partial charge in [-0.3, -0.25) is 14.4 Å². The molecule has 0 aliphatic carbocycles. The normalized spacial score (nSPS) is 10.4. The summed E-state index contributed by atoms with van der Waals surface area (Å²) in [6, 6.07) is 14.6. The molecule has 166 valence electrons. The minimum absolute atomic E-state index is 0.0966. The van der Waals surface area contributed by atoms with E-state index in [0.29, 0.717) is 10.8 Å². The van der Waals surface area contributed by atoms with E-state index >= 15 is 0 Å². The van der Waals surface area contributed by atoms with Gasteiger partial charge in [-0.1, -0.05) is 18.2 Å². The molecule has 0 fully saturated rings. The van der Waals surface area contributed by atoms with Crippen LogP contribution in [0.5, 0.6) is 5.75 Å². The van der Waals surface area contributed by atoms with Gasteiger partial charge in [0.05, 0.1) is 25.0 Å². The SMILES string of the molecule is COc1cccc(-c2csc(NC(=O)CSc3cccc(NC(=O)CCC(=O)O)c3)n2)c1. The van der Waals surface area contributed by atoms with Gasteiger partial charge < -0.3 is 20.5 Å². The van der Waals surface area contributed by atoms with Crippen LogP contribution in [0.1, 0.15) is 12.8 Å². The van der Waals surface area contributed by atoms with Crippen molar-refractivity contribution in [1.29, 1.82) is 0 Å². The van der Waals surface area contributed by atoms with Crippen LogP contribution in [0.15, 0.2) is 58.8 Å². The predicted octanol–water partition coefficient (Wildman–Crippen LogP) is 4.35. The number of carboxylic acids is 1.